The van der Waals surface area contributed by atoms with Gasteiger partial charge in [-0.25, -0.2) is 4.98 Å². The largest absolute Gasteiger partial charge is 0.436 e. The molecule has 0 radical (unpaired) electrons. The molecule has 1 aliphatic heterocycles. The molecule has 0 unspecified atom stereocenters. The average Bonchev–Trinajstić information content (AvgIpc) is 2.78. The zero-order chi connectivity index (χ0) is 17.2. The van der Waals surface area contributed by atoms with E-state index in [0.29, 0.717) is 28.6 Å². The fraction of sp³-hybridized carbons (Fsp3) is 0.316. The van der Waals surface area contributed by atoms with Gasteiger partial charge in [0, 0.05) is 17.8 Å². The first-order chi connectivity index (χ1) is 12.2. The van der Waals surface area contributed by atoms with E-state index in [4.69, 9.17) is 4.74 Å². The second kappa shape index (κ2) is 6.55. The summed E-state index contributed by atoms with van der Waals surface area (Å²) >= 11 is 0. The molecule has 1 aromatic heterocycles. The topological polar surface area (TPSA) is 80.3 Å². The molecule has 1 aliphatic carbocycles. The van der Waals surface area contributed by atoms with Crippen LogP contribution in [-0.2, 0) is 4.79 Å². The van der Waals surface area contributed by atoms with Gasteiger partial charge in [-0.2, -0.15) is 0 Å². The molecule has 1 saturated carbocycles. The molecule has 6 nitrogen and oxygen atoms in total. The second-order valence-corrected chi connectivity index (χ2v) is 6.45. The van der Waals surface area contributed by atoms with Crippen LogP contribution in [0.5, 0.6) is 11.6 Å². The average molecular weight is 337 g/mol. The Kier molecular flexibility index (Phi) is 4.09. The van der Waals surface area contributed by atoms with E-state index < -0.39 is 0 Å². The summed E-state index contributed by atoms with van der Waals surface area (Å²) in [5.41, 5.74) is 1.50. The third-order valence-corrected chi connectivity index (χ3v) is 4.69. The molecule has 0 bridgehead atoms. The standard InChI is InChI=1S/C19H19N3O3/c23-17(12-5-2-1-3-6-12)21-13-8-9-16-14(11-13)18(24)22-15-7-4-10-20-19(15)25-16/h4,7-12H,1-3,5-6H2,(H,21,23)(H,22,24). The highest BCUT2D eigenvalue weighted by Gasteiger charge is 2.24. The summed E-state index contributed by atoms with van der Waals surface area (Å²) in [6.45, 7) is 0. The zero-order valence-electron chi connectivity index (χ0n) is 13.7. The first-order valence-electron chi connectivity index (χ1n) is 8.60. The van der Waals surface area contributed by atoms with Crippen LogP contribution in [0.1, 0.15) is 42.5 Å². The van der Waals surface area contributed by atoms with Crippen molar-refractivity contribution in [1.82, 2.24) is 4.98 Å². The molecule has 2 aromatic rings. The van der Waals surface area contributed by atoms with Crippen LogP contribution in [0.3, 0.4) is 0 Å². The van der Waals surface area contributed by atoms with Gasteiger partial charge in [0.15, 0.2) is 0 Å². The Morgan fingerprint density at radius 1 is 1.20 bits per heavy atom. The maximum Gasteiger partial charge on any atom is 0.259 e. The Bertz CT molecular complexity index is 828. The molecule has 1 fully saturated rings. The van der Waals surface area contributed by atoms with Gasteiger partial charge in [-0.3, -0.25) is 9.59 Å². The van der Waals surface area contributed by atoms with Gasteiger partial charge >= 0.3 is 0 Å². The molecule has 128 valence electrons. The molecule has 6 heteroatoms. The number of carbonyl (C=O) groups is 2. The smallest absolute Gasteiger partial charge is 0.259 e. The van der Waals surface area contributed by atoms with Crippen LogP contribution in [0.15, 0.2) is 36.5 Å². The van der Waals surface area contributed by atoms with Gasteiger partial charge in [-0.05, 0) is 43.2 Å². The number of amides is 2. The molecule has 2 heterocycles. The molecular formula is C19H19N3O3. The van der Waals surface area contributed by atoms with Gasteiger partial charge in [-0.15, -0.1) is 0 Å². The van der Waals surface area contributed by atoms with Gasteiger partial charge < -0.3 is 15.4 Å². The van der Waals surface area contributed by atoms with E-state index >= 15 is 0 Å². The lowest BCUT2D eigenvalue weighted by molar-refractivity contribution is -0.120. The number of fused-ring (bicyclic) bond motifs is 2. The number of ether oxygens (including phenoxy) is 1. The number of pyridine rings is 1. The molecule has 0 atom stereocenters. The molecule has 2 N–H and O–H groups in total. The van der Waals surface area contributed by atoms with E-state index in [2.05, 4.69) is 15.6 Å². The van der Waals surface area contributed by atoms with Crippen molar-refractivity contribution >= 4 is 23.2 Å². The fourth-order valence-corrected chi connectivity index (χ4v) is 3.34. The molecule has 0 saturated heterocycles. The quantitative estimate of drug-likeness (QED) is 0.869. The lowest BCUT2D eigenvalue weighted by Gasteiger charge is -2.21. The predicted molar refractivity (Wildman–Crippen MR) is 93.9 cm³/mol. The second-order valence-electron chi connectivity index (χ2n) is 6.45. The minimum atomic E-state index is -0.282. The molecule has 4 rings (SSSR count). The highest BCUT2D eigenvalue weighted by molar-refractivity contribution is 6.08. The van der Waals surface area contributed by atoms with Crippen molar-refractivity contribution in [3.05, 3.63) is 42.1 Å². The maximum atomic E-state index is 12.5. The summed E-state index contributed by atoms with van der Waals surface area (Å²) in [6.07, 6.45) is 6.87. The van der Waals surface area contributed by atoms with Gasteiger partial charge in [0.25, 0.3) is 5.91 Å². The van der Waals surface area contributed by atoms with E-state index in [1.165, 1.54) is 6.42 Å². The summed E-state index contributed by atoms with van der Waals surface area (Å²) in [6, 6.07) is 8.55. The van der Waals surface area contributed by atoms with Crippen LogP contribution in [-0.4, -0.2) is 16.8 Å². The van der Waals surface area contributed by atoms with E-state index in [1.807, 2.05) is 0 Å². The molecule has 0 spiro atoms. The lowest BCUT2D eigenvalue weighted by Crippen LogP contribution is -2.24. The van der Waals surface area contributed by atoms with Crippen LogP contribution in [0.2, 0.25) is 0 Å². The molecule has 1 aromatic carbocycles. The van der Waals surface area contributed by atoms with Crippen molar-refractivity contribution in [2.24, 2.45) is 5.92 Å². The summed E-state index contributed by atoms with van der Waals surface area (Å²) in [5, 5.41) is 5.72. The number of carbonyl (C=O) groups excluding carboxylic acids is 2. The van der Waals surface area contributed by atoms with Crippen LogP contribution in [0.4, 0.5) is 11.4 Å². The van der Waals surface area contributed by atoms with Crippen molar-refractivity contribution in [2.75, 3.05) is 10.6 Å². The van der Waals surface area contributed by atoms with E-state index in [0.717, 1.165) is 25.7 Å². The van der Waals surface area contributed by atoms with E-state index in [1.54, 1.807) is 36.5 Å². The normalized spacial score (nSPS) is 16.7. The summed E-state index contributed by atoms with van der Waals surface area (Å²) in [7, 11) is 0. The minimum absolute atomic E-state index is 0.0274. The fourth-order valence-electron chi connectivity index (χ4n) is 3.34. The van der Waals surface area contributed by atoms with Gasteiger partial charge in [0.1, 0.15) is 11.4 Å². The van der Waals surface area contributed by atoms with E-state index in [9.17, 15) is 9.59 Å². The third-order valence-electron chi connectivity index (χ3n) is 4.69. The Morgan fingerprint density at radius 2 is 2.04 bits per heavy atom. The molecule has 25 heavy (non-hydrogen) atoms. The summed E-state index contributed by atoms with van der Waals surface area (Å²) in [5.74, 6) is 0.584. The van der Waals surface area contributed by atoms with Gasteiger partial charge in [0.2, 0.25) is 11.8 Å². The van der Waals surface area contributed by atoms with Gasteiger partial charge in [0.05, 0.1) is 5.56 Å². The number of hydrogen-bond acceptors (Lipinski definition) is 4. The highest BCUT2D eigenvalue weighted by Crippen LogP contribution is 2.35. The van der Waals surface area contributed by atoms with Crippen molar-refractivity contribution in [2.45, 2.75) is 32.1 Å². The van der Waals surface area contributed by atoms with Crippen molar-refractivity contribution in [3.8, 4) is 11.6 Å². The van der Waals surface area contributed by atoms with Gasteiger partial charge in [-0.1, -0.05) is 19.3 Å². The first kappa shape index (κ1) is 15.6. The lowest BCUT2D eigenvalue weighted by atomic mass is 9.88. The SMILES string of the molecule is O=C1Nc2cccnc2Oc2ccc(NC(=O)C3CCCCC3)cc21. The highest BCUT2D eigenvalue weighted by atomic mass is 16.5. The van der Waals surface area contributed by atoms with Crippen LogP contribution < -0.4 is 15.4 Å². The zero-order valence-corrected chi connectivity index (χ0v) is 13.7. The number of aromatic nitrogens is 1. The predicted octanol–water partition coefficient (Wildman–Crippen LogP) is 3.96. The van der Waals surface area contributed by atoms with Crippen LogP contribution >= 0.6 is 0 Å². The van der Waals surface area contributed by atoms with Crippen LogP contribution in [0, 0.1) is 5.92 Å². The molecule has 2 amide bonds. The number of benzene rings is 1. The van der Waals surface area contributed by atoms with E-state index in [-0.39, 0.29) is 17.7 Å². The monoisotopic (exact) mass is 337 g/mol. The molecule has 2 aliphatic rings. The number of rotatable bonds is 2. The number of nitrogens with zero attached hydrogens (tertiary/aromatic N) is 1. The van der Waals surface area contributed by atoms with Crippen molar-refractivity contribution < 1.29 is 14.3 Å². The summed E-state index contributed by atoms with van der Waals surface area (Å²) < 4.78 is 5.74. The van der Waals surface area contributed by atoms with Crippen molar-refractivity contribution in [3.63, 3.8) is 0 Å². The Balaban J connectivity index is 1.57. The minimum Gasteiger partial charge on any atom is -0.436 e. The van der Waals surface area contributed by atoms with Crippen LogP contribution in [0.25, 0.3) is 0 Å². The summed E-state index contributed by atoms with van der Waals surface area (Å²) in [4.78, 5) is 29.0. The molecular weight excluding hydrogens is 318 g/mol. The Hall–Kier alpha value is -2.89. The number of hydrogen-bond donors (Lipinski definition) is 2. The maximum absolute atomic E-state index is 12.5. The third kappa shape index (κ3) is 3.20. The van der Waals surface area contributed by atoms with Crippen molar-refractivity contribution in [1.29, 1.82) is 0 Å². The number of anilines is 2. The Morgan fingerprint density at radius 3 is 2.88 bits per heavy atom. The number of nitrogens with one attached hydrogen (secondary N) is 2. The Labute approximate surface area is 145 Å². The first-order valence-corrected chi connectivity index (χ1v) is 8.60.